The fourth-order valence-corrected chi connectivity index (χ4v) is 4.70. The standard InChI is InChI=1S/C25H25NO5/c1-14-22(25(29)31-3)23(16-9-10-19(27)21(13-16)30-2)24-18(26-14)11-17(12-20(24)28)15-7-5-4-6-8-15/h4-10,13,17,22-23,27H,11-12H2,1-3H3/t17-,22?,23-/m0/s1. The van der Waals surface area contributed by atoms with Crippen molar-refractivity contribution in [1.29, 1.82) is 0 Å². The van der Waals surface area contributed by atoms with E-state index in [0.717, 1.165) is 11.3 Å². The van der Waals surface area contributed by atoms with E-state index in [2.05, 4.69) is 0 Å². The number of hydrogen-bond acceptors (Lipinski definition) is 6. The van der Waals surface area contributed by atoms with Gasteiger partial charge in [0.25, 0.3) is 0 Å². The molecule has 0 aromatic heterocycles. The summed E-state index contributed by atoms with van der Waals surface area (Å²) in [6, 6.07) is 14.9. The topological polar surface area (TPSA) is 85.2 Å². The highest BCUT2D eigenvalue weighted by Gasteiger charge is 2.44. The average molecular weight is 419 g/mol. The van der Waals surface area contributed by atoms with E-state index < -0.39 is 17.8 Å². The molecule has 160 valence electrons. The number of carbonyl (C=O) groups is 2. The summed E-state index contributed by atoms with van der Waals surface area (Å²) < 4.78 is 10.3. The summed E-state index contributed by atoms with van der Waals surface area (Å²) in [5, 5.41) is 10.0. The Balaban J connectivity index is 1.84. The maximum atomic E-state index is 13.4. The first-order valence-corrected chi connectivity index (χ1v) is 10.3. The Bertz CT molecular complexity index is 1090. The normalized spacial score (nSPS) is 23.1. The first kappa shape index (κ1) is 20.8. The van der Waals surface area contributed by atoms with Crippen LogP contribution < -0.4 is 4.74 Å². The van der Waals surface area contributed by atoms with Gasteiger partial charge in [0.15, 0.2) is 17.3 Å². The third kappa shape index (κ3) is 3.74. The number of ketones is 1. The number of benzene rings is 2. The lowest BCUT2D eigenvalue weighted by atomic mass is 9.69. The molecule has 0 bridgehead atoms. The average Bonchev–Trinajstić information content (AvgIpc) is 2.78. The van der Waals surface area contributed by atoms with E-state index in [9.17, 15) is 14.7 Å². The van der Waals surface area contributed by atoms with E-state index in [1.165, 1.54) is 20.3 Å². The minimum Gasteiger partial charge on any atom is -0.504 e. The SMILES string of the molecule is COC(=O)C1C(C)=NC2=C(C(=O)C[C@@H](c3ccccc3)C2)[C@H]1c1ccc(O)c(OC)c1. The number of Topliss-reactive ketones (excluding diaryl/α,β-unsaturated/α-hetero) is 1. The molecule has 1 aliphatic heterocycles. The van der Waals surface area contributed by atoms with Gasteiger partial charge in [0, 0.05) is 29.3 Å². The predicted molar refractivity (Wildman–Crippen MR) is 116 cm³/mol. The maximum Gasteiger partial charge on any atom is 0.315 e. The number of allylic oxidation sites excluding steroid dienone is 2. The number of rotatable bonds is 4. The van der Waals surface area contributed by atoms with Crippen LogP contribution in [0.1, 0.15) is 42.7 Å². The van der Waals surface area contributed by atoms with Crippen LogP contribution in [0.5, 0.6) is 11.5 Å². The Hall–Kier alpha value is -3.41. The van der Waals surface area contributed by atoms with Gasteiger partial charge in [-0.15, -0.1) is 0 Å². The highest BCUT2D eigenvalue weighted by molar-refractivity contribution is 6.09. The fraction of sp³-hybridized carbons (Fsp3) is 0.320. The molecule has 4 rings (SSSR count). The van der Waals surface area contributed by atoms with Gasteiger partial charge < -0.3 is 14.6 Å². The highest BCUT2D eigenvalue weighted by Crippen LogP contribution is 2.47. The first-order valence-electron chi connectivity index (χ1n) is 10.3. The summed E-state index contributed by atoms with van der Waals surface area (Å²) in [5.41, 5.74) is 3.70. The minimum atomic E-state index is -0.713. The zero-order valence-electron chi connectivity index (χ0n) is 17.8. The molecular weight excluding hydrogens is 394 g/mol. The molecule has 0 radical (unpaired) electrons. The van der Waals surface area contributed by atoms with E-state index >= 15 is 0 Å². The van der Waals surface area contributed by atoms with E-state index in [1.54, 1.807) is 19.1 Å². The van der Waals surface area contributed by atoms with Crippen LogP contribution in [-0.2, 0) is 14.3 Å². The van der Waals surface area contributed by atoms with Crippen LogP contribution in [0.2, 0.25) is 0 Å². The summed E-state index contributed by atoms with van der Waals surface area (Å²) in [6.07, 6.45) is 0.985. The minimum absolute atomic E-state index is 0.00428. The Morgan fingerprint density at radius 1 is 1.06 bits per heavy atom. The quantitative estimate of drug-likeness (QED) is 0.753. The van der Waals surface area contributed by atoms with Crippen molar-refractivity contribution in [3.63, 3.8) is 0 Å². The Morgan fingerprint density at radius 2 is 1.81 bits per heavy atom. The summed E-state index contributed by atoms with van der Waals surface area (Å²) >= 11 is 0. The van der Waals surface area contributed by atoms with Crippen molar-refractivity contribution in [3.8, 4) is 11.5 Å². The third-order valence-electron chi connectivity index (χ3n) is 6.18. The van der Waals surface area contributed by atoms with E-state index in [-0.39, 0.29) is 23.2 Å². The molecule has 2 aromatic rings. The second-order valence-electron chi connectivity index (χ2n) is 7.96. The van der Waals surface area contributed by atoms with Crippen LogP contribution >= 0.6 is 0 Å². The van der Waals surface area contributed by atoms with Gasteiger partial charge >= 0.3 is 5.97 Å². The molecule has 1 heterocycles. The number of esters is 1. The number of ether oxygens (including phenoxy) is 2. The first-order chi connectivity index (χ1) is 14.9. The van der Waals surface area contributed by atoms with E-state index in [4.69, 9.17) is 14.5 Å². The van der Waals surface area contributed by atoms with Gasteiger partial charge in [0.1, 0.15) is 5.92 Å². The van der Waals surface area contributed by atoms with E-state index in [1.807, 2.05) is 30.3 Å². The number of methoxy groups -OCH3 is 2. The molecule has 6 nitrogen and oxygen atoms in total. The second kappa shape index (κ2) is 8.38. The second-order valence-corrected chi connectivity index (χ2v) is 7.96. The van der Waals surface area contributed by atoms with Gasteiger partial charge in [-0.2, -0.15) is 0 Å². The summed E-state index contributed by atoms with van der Waals surface area (Å²) in [4.78, 5) is 30.9. The molecule has 0 fully saturated rings. The fourth-order valence-electron chi connectivity index (χ4n) is 4.70. The number of carbonyl (C=O) groups excluding carboxylic acids is 2. The van der Waals surface area contributed by atoms with Gasteiger partial charge in [-0.25, -0.2) is 0 Å². The smallest absolute Gasteiger partial charge is 0.315 e. The molecule has 1 N–H and O–H groups in total. The number of aliphatic imine (C=N–C) groups is 1. The summed E-state index contributed by atoms with van der Waals surface area (Å²) in [5.74, 6) is -1.38. The molecule has 1 unspecified atom stereocenters. The lowest BCUT2D eigenvalue weighted by Gasteiger charge is -2.36. The summed E-state index contributed by atoms with van der Waals surface area (Å²) in [6.45, 7) is 1.80. The summed E-state index contributed by atoms with van der Waals surface area (Å²) in [7, 11) is 2.80. The number of phenols is 1. The lowest BCUT2D eigenvalue weighted by molar-refractivity contribution is -0.143. The molecule has 3 atom stereocenters. The Kier molecular flexibility index (Phi) is 5.63. The van der Waals surface area contributed by atoms with Crippen molar-refractivity contribution >= 4 is 17.5 Å². The van der Waals surface area contributed by atoms with Gasteiger partial charge in [-0.1, -0.05) is 36.4 Å². The molecule has 31 heavy (non-hydrogen) atoms. The maximum absolute atomic E-state index is 13.4. The van der Waals surface area contributed by atoms with Crippen LogP contribution in [0.25, 0.3) is 0 Å². The zero-order chi connectivity index (χ0) is 22.1. The molecule has 0 saturated heterocycles. The Labute approximate surface area is 181 Å². The van der Waals surface area contributed by atoms with Crippen LogP contribution in [0.15, 0.2) is 64.8 Å². The lowest BCUT2D eigenvalue weighted by Crippen LogP contribution is -2.37. The van der Waals surface area contributed by atoms with Gasteiger partial charge in [-0.3, -0.25) is 14.6 Å². The van der Waals surface area contributed by atoms with Gasteiger partial charge in [-0.05, 0) is 42.5 Å². The van der Waals surface area contributed by atoms with Crippen molar-refractivity contribution < 1.29 is 24.2 Å². The predicted octanol–water partition coefficient (Wildman–Crippen LogP) is 4.15. The van der Waals surface area contributed by atoms with Crippen molar-refractivity contribution in [3.05, 3.63) is 70.9 Å². The van der Waals surface area contributed by atoms with E-state index in [0.29, 0.717) is 29.7 Å². The third-order valence-corrected chi connectivity index (χ3v) is 6.18. The number of phenolic OH excluding ortho intramolecular Hbond substituents is 1. The van der Waals surface area contributed by atoms with Gasteiger partial charge in [0.05, 0.1) is 14.2 Å². The van der Waals surface area contributed by atoms with Crippen LogP contribution in [0, 0.1) is 5.92 Å². The largest absolute Gasteiger partial charge is 0.504 e. The zero-order valence-corrected chi connectivity index (χ0v) is 17.8. The number of aromatic hydroxyl groups is 1. The number of nitrogens with zero attached hydrogens (tertiary/aromatic N) is 1. The molecular formula is C25H25NO5. The molecule has 1 aliphatic carbocycles. The Morgan fingerprint density at radius 3 is 2.48 bits per heavy atom. The number of hydrogen-bond donors (Lipinski definition) is 1. The van der Waals surface area contributed by atoms with Crippen molar-refractivity contribution in [2.24, 2.45) is 10.9 Å². The molecule has 2 aliphatic rings. The van der Waals surface area contributed by atoms with Crippen LogP contribution in [-0.4, -0.2) is 36.8 Å². The molecule has 0 amide bonds. The van der Waals surface area contributed by atoms with Crippen molar-refractivity contribution in [1.82, 2.24) is 0 Å². The molecule has 6 heteroatoms. The molecule has 2 aromatic carbocycles. The van der Waals surface area contributed by atoms with Crippen LogP contribution in [0.3, 0.4) is 0 Å². The van der Waals surface area contributed by atoms with Crippen molar-refractivity contribution in [2.75, 3.05) is 14.2 Å². The molecule has 0 saturated carbocycles. The van der Waals surface area contributed by atoms with Crippen LogP contribution in [0.4, 0.5) is 0 Å². The van der Waals surface area contributed by atoms with Gasteiger partial charge in [0.2, 0.25) is 0 Å². The van der Waals surface area contributed by atoms with Crippen molar-refractivity contribution in [2.45, 2.75) is 31.6 Å². The molecule has 0 spiro atoms. The monoisotopic (exact) mass is 419 g/mol. The highest BCUT2D eigenvalue weighted by atomic mass is 16.5.